The van der Waals surface area contributed by atoms with Crippen molar-refractivity contribution < 1.29 is 47.7 Å². The summed E-state index contributed by atoms with van der Waals surface area (Å²) in [5.74, 6) is 0. The first-order chi connectivity index (χ1) is 18.7. The van der Waals surface area contributed by atoms with Crippen LogP contribution in [-0.4, -0.2) is 9.52 Å². The predicted octanol–water partition coefficient (Wildman–Crippen LogP) is 3.69. The molecule has 4 aromatic carbocycles. The predicted molar refractivity (Wildman–Crippen MR) is 166 cm³/mol. The van der Waals surface area contributed by atoms with Gasteiger partial charge in [-0.15, -0.1) is 0 Å². The van der Waals surface area contributed by atoms with Gasteiger partial charge in [-0.25, -0.2) is 0 Å². The van der Waals surface area contributed by atoms with Crippen molar-refractivity contribution in [2.75, 3.05) is 0 Å². The average Bonchev–Trinajstić information content (AvgIpc) is 3.72. The minimum absolute atomic E-state index is 0. The second-order valence-corrected chi connectivity index (χ2v) is 18.3. The Morgan fingerprint density at radius 2 is 0.975 bits per heavy atom. The molecule has 0 radical (unpaired) electrons. The fraction of sp³-hybridized carbons (Fsp3) is 0.222. The second kappa shape index (κ2) is 14.3. The van der Waals surface area contributed by atoms with Gasteiger partial charge in [0, 0.05) is 9.52 Å². The molecule has 0 bridgehead atoms. The summed E-state index contributed by atoms with van der Waals surface area (Å²) in [7, 11) is 0.543. The zero-order valence-electron chi connectivity index (χ0n) is 23.4. The normalized spacial score (nSPS) is 16.1. The van der Waals surface area contributed by atoms with Gasteiger partial charge < -0.3 is 24.8 Å². The van der Waals surface area contributed by atoms with Crippen LogP contribution in [-0.2, 0) is 22.9 Å². The van der Waals surface area contributed by atoms with E-state index in [-0.39, 0.29) is 24.8 Å². The van der Waals surface area contributed by atoms with Gasteiger partial charge in [0.15, 0.2) is 0 Å². The number of halogens is 2. The maximum absolute atomic E-state index is 2.47. The van der Waals surface area contributed by atoms with Crippen molar-refractivity contribution in [3.8, 4) is 0 Å². The Bertz CT molecular complexity index is 1500. The Labute approximate surface area is 265 Å². The summed E-state index contributed by atoms with van der Waals surface area (Å²) < 4.78 is 3.53. The molecule has 2 aliphatic carbocycles. The van der Waals surface area contributed by atoms with Crippen LogP contribution in [0.1, 0.15) is 50.7 Å². The van der Waals surface area contributed by atoms with Crippen LogP contribution in [0.4, 0.5) is 0 Å². The summed E-state index contributed by atoms with van der Waals surface area (Å²) in [6, 6.07) is 34.3. The first-order valence-corrected chi connectivity index (χ1v) is 19.8. The summed E-state index contributed by atoms with van der Waals surface area (Å²) >= 11 is -1.06. The standard InChI is InChI=1S/2C16H13.C4H10Si.2ClH.Hf/c2*1-12-9-10-14(11-12)16-8-4-6-13-5-2-3-7-15(13)16;1-2-4-5-3-1;;;/h2*2-8,11H,10H2,1H3;1-5H2;2*1H;/q;;;;;+2/p-2. The number of allylic oxidation sites excluding steroid dienone is 8. The van der Waals surface area contributed by atoms with Gasteiger partial charge in [-0.2, -0.15) is 0 Å². The van der Waals surface area contributed by atoms with Crippen molar-refractivity contribution in [2.45, 2.75) is 51.6 Å². The molecule has 4 heteroatoms. The Kier molecular flexibility index (Phi) is 11.1. The molecule has 0 unspecified atom stereocenters. The molecule has 3 aliphatic rings. The zero-order chi connectivity index (χ0) is 25.9. The van der Waals surface area contributed by atoms with E-state index in [1.54, 1.807) is 31.6 Å². The molecule has 202 valence electrons. The molecule has 4 aromatic rings. The van der Waals surface area contributed by atoms with Gasteiger partial charge in [-0.3, -0.25) is 0 Å². The van der Waals surface area contributed by atoms with E-state index >= 15 is 0 Å². The van der Waals surface area contributed by atoms with E-state index in [1.807, 2.05) is 0 Å². The second-order valence-electron chi connectivity index (χ2n) is 11.0. The van der Waals surface area contributed by atoms with Crippen LogP contribution in [0.15, 0.2) is 115 Å². The van der Waals surface area contributed by atoms with E-state index in [4.69, 9.17) is 0 Å². The van der Waals surface area contributed by atoms with Gasteiger partial charge in [0.1, 0.15) is 0 Å². The van der Waals surface area contributed by atoms with E-state index < -0.39 is 22.9 Å². The van der Waals surface area contributed by atoms with Crippen molar-refractivity contribution in [3.05, 3.63) is 126 Å². The molecule has 1 aliphatic heterocycles. The van der Waals surface area contributed by atoms with Crippen molar-refractivity contribution >= 4 is 42.2 Å². The number of hydrogen-bond acceptors (Lipinski definition) is 0. The molecular formula is C36H36Cl2HfSi. The van der Waals surface area contributed by atoms with E-state index in [1.165, 1.54) is 55.0 Å². The Hall–Kier alpha value is -1.97. The molecule has 40 heavy (non-hydrogen) atoms. The van der Waals surface area contributed by atoms with Gasteiger partial charge in [-0.05, 0) is 0 Å². The molecule has 0 saturated carbocycles. The number of benzene rings is 4. The van der Waals surface area contributed by atoms with E-state index in [9.17, 15) is 0 Å². The summed E-state index contributed by atoms with van der Waals surface area (Å²) in [6.45, 7) is 4.68. The molecule has 0 nitrogen and oxygen atoms in total. The Morgan fingerprint density at radius 1 is 0.550 bits per heavy atom. The van der Waals surface area contributed by atoms with Crippen molar-refractivity contribution in [1.82, 2.24) is 0 Å². The molecule has 1 heterocycles. The first-order valence-electron chi connectivity index (χ1n) is 14.2. The fourth-order valence-corrected chi connectivity index (χ4v) is 13.2. The molecule has 0 spiro atoms. The van der Waals surface area contributed by atoms with E-state index in [0.29, 0.717) is 9.52 Å². The number of rotatable bonds is 4. The zero-order valence-corrected chi connectivity index (χ0v) is 30.0. The van der Waals surface area contributed by atoms with Crippen LogP contribution in [0, 0.1) is 0 Å². The third-order valence-electron chi connectivity index (χ3n) is 8.29. The van der Waals surface area contributed by atoms with Crippen molar-refractivity contribution in [2.24, 2.45) is 0 Å². The molecule has 0 aromatic heterocycles. The molecular weight excluding hydrogens is 710 g/mol. The summed E-state index contributed by atoms with van der Waals surface area (Å²) in [5.41, 5.74) is 8.89. The monoisotopic (exact) mass is 746 g/mol. The summed E-state index contributed by atoms with van der Waals surface area (Å²) in [4.78, 5) is 0. The quantitative estimate of drug-likeness (QED) is 0.280. The SMILES string of the molecule is C1CC[SiH2]C1.CC1=[C]([Hf+2][C]2=C(C)C=C(c3cccc4ccccc34)C2)CC(c2cccc3ccccc23)=C1.[Cl-].[Cl-]. The van der Waals surface area contributed by atoms with Crippen LogP contribution >= 0.6 is 0 Å². The smallest absolute Gasteiger partial charge is 1.00 e. The van der Waals surface area contributed by atoms with Gasteiger partial charge in [0.25, 0.3) is 0 Å². The maximum Gasteiger partial charge on any atom is -1.00 e. The Morgan fingerprint density at radius 3 is 1.40 bits per heavy atom. The minimum Gasteiger partial charge on any atom is -1.00 e. The molecule has 7 rings (SSSR count). The van der Waals surface area contributed by atoms with Gasteiger partial charge in [-0.1, -0.05) is 24.9 Å². The molecule has 1 fully saturated rings. The molecule has 0 atom stereocenters. The van der Waals surface area contributed by atoms with Crippen LogP contribution in [0.25, 0.3) is 32.7 Å². The fourth-order valence-electron chi connectivity index (χ4n) is 6.17. The maximum atomic E-state index is 2.47. The number of hydrogen-bond donors (Lipinski definition) is 0. The first kappa shape index (κ1) is 31.0. The van der Waals surface area contributed by atoms with Crippen molar-refractivity contribution in [3.63, 3.8) is 0 Å². The van der Waals surface area contributed by atoms with Gasteiger partial charge >= 0.3 is 208 Å². The molecule has 1 saturated heterocycles. The average molecular weight is 746 g/mol. The largest absolute Gasteiger partial charge is 1.00 e. The minimum atomic E-state index is -1.06. The summed E-state index contributed by atoms with van der Waals surface area (Å²) in [5, 5.41) is 5.43. The van der Waals surface area contributed by atoms with Crippen molar-refractivity contribution in [1.29, 1.82) is 0 Å². The molecule has 0 amide bonds. The Balaban J connectivity index is 0.000000479. The van der Waals surface area contributed by atoms with Crippen LogP contribution in [0.5, 0.6) is 0 Å². The topological polar surface area (TPSA) is 0 Å². The number of fused-ring (bicyclic) bond motifs is 2. The summed E-state index contributed by atoms with van der Waals surface area (Å²) in [6.07, 6.45) is 10.3. The van der Waals surface area contributed by atoms with E-state index in [0.717, 1.165) is 12.8 Å². The van der Waals surface area contributed by atoms with Crippen LogP contribution in [0.2, 0.25) is 12.1 Å². The third-order valence-corrected chi connectivity index (χ3v) is 16.6. The van der Waals surface area contributed by atoms with Gasteiger partial charge in [0.05, 0.1) is 0 Å². The van der Waals surface area contributed by atoms with Gasteiger partial charge in [0.2, 0.25) is 0 Å². The third kappa shape index (κ3) is 6.73. The van der Waals surface area contributed by atoms with Crippen LogP contribution < -0.4 is 24.8 Å². The van der Waals surface area contributed by atoms with Crippen LogP contribution in [0.3, 0.4) is 0 Å². The molecule has 0 N–H and O–H groups in total. The van der Waals surface area contributed by atoms with E-state index in [2.05, 4.69) is 111 Å².